The summed E-state index contributed by atoms with van der Waals surface area (Å²) < 4.78 is 46.3. The summed E-state index contributed by atoms with van der Waals surface area (Å²) in [5, 5.41) is 21.7. The van der Waals surface area contributed by atoms with Crippen molar-refractivity contribution in [1.82, 2.24) is 29.4 Å². The van der Waals surface area contributed by atoms with Crippen molar-refractivity contribution < 1.29 is 32.3 Å². The summed E-state index contributed by atoms with van der Waals surface area (Å²) in [6.45, 7) is 6.04. The van der Waals surface area contributed by atoms with E-state index in [-0.39, 0.29) is 83.0 Å². The number of aromatic hydroxyl groups is 1. The minimum Gasteiger partial charge on any atom is -0.507 e. The molecule has 1 fully saturated rings. The van der Waals surface area contributed by atoms with Crippen molar-refractivity contribution in [2.75, 3.05) is 36.4 Å². The highest BCUT2D eigenvalue weighted by Gasteiger charge is 2.32. The molecule has 0 atom stereocenters. The first-order chi connectivity index (χ1) is 22.8. The van der Waals surface area contributed by atoms with Crippen LogP contribution in [0.2, 0.25) is 5.02 Å². The molecule has 4 heterocycles. The van der Waals surface area contributed by atoms with Gasteiger partial charge in [-0.15, -0.1) is 10.2 Å². The van der Waals surface area contributed by atoms with Crippen LogP contribution in [0.5, 0.6) is 5.75 Å². The Morgan fingerprint density at radius 1 is 1.10 bits per heavy atom. The standard InChI is InChI=1S/C31H30ClF3N8O5/c1-4-21-26(40-9-11-41(12-10-40)30(47)24-22(44)8-7-20-28(24)48-15-36-20)27(46)25-29(39-43(38-25)16(2)3)42(21)14-23(45)37-19-6-5-17(13-18(19)32)31(33,34)35/h5-8,13,15-16,44H,4,9-12,14H2,1-3H3,(H,37,45). The molecular weight excluding hydrogens is 657 g/mol. The summed E-state index contributed by atoms with van der Waals surface area (Å²) in [6.07, 6.45) is -3.10. The largest absolute Gasteiger partial charge is 0.507 e. The number of amides is 2. The monoisotopic (exact) mass is 686 g/mol. The van der Waals surface area contributed by atoms with Gasteiger partial charge < -0.3 is 29.2 Å². The number of piperazine rings is 1. The van der Waals surface area contributed by atoms with Gasteiger partial charge in [-0.3, -0.25) is 14.4 Å². The Morgan fingerprint density at radius 2 is 1.83 bits per heavy atom. The summed E-state index contributed by atoms with van der Waals surface area (Å²) in [5.74, 6) is -1.30. The molecule has 2 amide bonds. The van der Waals surface area contributed by atoms with Gasteiger partial charge in [-0.1, -0.05) is 18.5 Å². The highest BCUT2D eigenvalue weighted by Crippen LogP contribution is 2.34. The number of phenolic OH excluding ortho intramolecular Hbond substituents is 1. The molecule has 0 aliphatic carbocycles. The van der Waals surface area contributed by atoms with Crippen LogP contribution in [0.25, 0.3) is 22.3 Å². The zero-order chi connectivity index (χ0) is 34.5. The number of alkyl halides is 3. The first-order valence-corrected chi connectivity index (χ1v) is 15.4. The second-order valence-electron chi connectivity index (χ2n) is 11.5. The number of nitrogens with zero attached hydrogens (tertiary/aromatic N) is 7. The van der Waals surface area contributed by atoms with Crippen LogP contribution in [0.3, 0.4) is 0 Å². The third-order valence-electron chi connectivity index (χ3n) is 8.14. The molecule has 17 heteroatoms. The van der Waals surface area contributed by atoms with Gasteiger partial charge in [-0.2, -0.15) is 18.0 Å². The van der Waals surface area contributed by atoms with Gasteiger partial charge >= 0.3 is 6.18 Å². The van der Waals surface area contributed by atoms with Gasteiger partial charge in [0, 0.05) is 31.9 Å². The summed E-state index contributed by atoms with van der Waals surface area (Å²) in [5.41, 5.74) is 0.246. The third-order valence-corrected chi connectivity index (χ3v) is 8.45. The van der Waals surface area contributed by atoms with Crippen molar-refractivity contribution in [3.05, 3.63) is 68.8 Å². The molecule has 2 N–H and O–H groups in total. The molecule has 1 saturated heterocycles. The molecule has 0 spiro atoms. The molecular formula is C31H30ClF3N8O5. The Hall–Kier alpha value is -5.12. The van der Waals surface area contributed by atoms with E-state index in [0.29, 0.717) is 23.3 Å². The topological polar surface area (TPSA) is 152 Å². The van der Waals surface area contributed by atoms with Gasteiger partial charge in [0.1, 0.15) is 29.1 Å². The van der Waals surface area contributed by atoms with E-state index >= 15 is 0 Å². The minimum absolute atomic E-state index is 0.000865. The number of benzene rings is 2. The van der Waals surface area contributed by atoms with E-state index in [1.165, 1.54) is 17.3 Å². The molecule has 1 aliphatic rings. The number of rotatable bonds is 7. The number of pyridine rings is 1. The molecule has 3 aromatic heterocycles. The van der Waals surface area contributed by atoms with Crippen LogP contribution in [0.4, 0.5) is 24.5 Å². The molecule has 6 rings (SSSR count). The SMILES string of the molecule is CCc1c(N2CCN(C(=O)c3c(O)ccc4ncoc34)CC2)c(=O)c2nn(C(C)C)nc2n1CC(=O)Nc1ccc(C(F)(F)F)cc1Cl. The average molecular weight is 687 g/mol. The maximum Gasteiger partial charge on any atom is 0.416 e. The van der Waals surface area contributed by atoms with Crippen LogP contribution in [-0.4, -0.2) is 72.5 Å². The number of nitrogens with one attached hydrogen (secondary N) is 1. The quantitative estimate of drug-likeness (QED) is 0.245. The number of halogens is 4. The van der Waals surface area contributed by atoms with Crippen LogP contribution in [0.15, 0.2) is 45.9 Å². The lowest BCUT2D eigenvalue weighted by atomic mass is 10.1. The van der Waals surface area contributed by atoms with Gasteiger partial charge in [0.2, 0.25) is 11.3 Å². The molecule has 1 aliphatic heterocycles. The molecule has 0 radical (unpaired) electrons. The predicted octanol–water partition coefficient (Wildman–Crippen LogP) is 4.86. The zero-order valence-electron chi connectivity index (χ0n) is 26.0. The molecule has 0 saturated carbocycles. The highest BCUT2D eigenvalue weighted by molar-refractivity contribution is 6.33. The molecule has 0 unspecified atom stereocenters. The van der Waals surface area contributed by atoms with Crippen LogP contribution in [0, 0.1) is 0 Å². The van der Waals surface area contributed by atoms with Crippen molar-refractivity contribution in [3.8, 4) is 5.75 Å². The number of aromatic nitrogens is 5. The first kappa shape index (κ1) is 32.8. The van der Waals surface area contributed by atoms with Gasteiger partial charge in [0.25, 0.3) is 5.91 Å². The number of carbonyl (C=O) groups excluding carboxylic acids is 2. The van der Waals surface area contributed by atoms with Gasteiger partial charge in [-0.05, 0) is 50.6 Å². The van der Waals surface area contributed by atoms with Crippen LogP contribution < -0.4 is 15.6 Å². The lowest BCUT2D eigenvalue weighted by molar-refractivity contribution is -0.137. The maximum absolute atomic E-state index is 14.0. The Kier molecular flexibility index (Phi) is 8.53. The summed E-state index contributed by atoms with van der Waals surface area (Å²) in [7, 11) is 0. The molecule has 5 aromatic rings. The van der Waals surface area contributed by atoms with E-state index in [4.69, 9.17) is 16.0 Å². The van der Waals surface area contributed by atoms with Crippen molar-refractivity contribution in [2.45, 2.75) is 46.0 Å². The van der Waals surface area contributed by atoms with E-state index in [9.17, 15) is 32.7 Å². The van der Waals surface area contributed by atoms with E-state index in [1.54, 1.807) is 15.5 Å². The molecule has 2 aromatic carbocycles. The van der Waals surface area contributed by atoms with Crippen LogP contribution in [-0.2, 0) is 23.9 Å². The van der Waals surface area contributed by atoms with E-state index in [2.05, 4.69) is 20.5 Å². The molecule has 252 valence electrons. The second-order valence-corrected chi connectivity index (χ2v) is 11.9. The summed E-state index contributed by atoms with van der Waals surface area (Å²) >= 11 is 6.08. The lowest BCUT2D eigenvalue weighted by Gasteiger charge is -2.37. The fraction of sp³-hybridized carbons (Fsp3) is 0.355. The van der Waals surface area contributed by atoms with Crippen LogP contribution >= 0.6 is 11.6 Å². The van der Waals surface area contributed by atoms with Crippen molar-refractivity contribution >= 4 is 57.1 Å². The highest BCUT2D eigenvalue weighted by atomic mass is 35.5. The fourth-order valence-electron chi connectivity index (χ4n) is 5.77. The number of hydrogen-bond acceptors (Lipinski definition) is 9. The molecule has 0 bridgehead atoms. The van der Waals surface area contributed by atoms with E-state index < -0.39 is 23.6 Å². The van der Waals surface area contributed by atoms with Gasteiger partial charge in [0.15, 0.2) is 23.1 Å². The van der Waals surface area contributed by atoms with Gasteiger partial charge in [0.05, 0.1) is 22.3 Å². The summed E-state index contributed by atoms with van der Waals surface area (Å²) in [6, 6.07) is 5.35. The number of hydrogen-bond donors (Lipinski definition) is 2. The van der Waals surface area contributed by atoms with Crippen molar-refractivity contribution in [1.29, 1.82) is 0 Å². The predicted molar refractivity (Wildman–Crippen MR) is 170 cm³/mol. The number of oxazole rings is 1. The van der Waals surface area contributed by atoms with Gasteiger partial charge in [-0.25, -0.2) is 4.98 Å². The molecule has 13 nitrogen and oxygen atoms in total. The Bertz CT molecular complexity index is 2120. The molecule has 48 heavy (non-hydrogen) atoms. The smallest absolute Gasteiger partial charge is 0.416 e. The number of carbonyl (C=O) groups is 2. The first-order valence-electron chi connectivity index (χ1n) is 15.1. The normalized spacial score (nSPS) is 14.0. The van der Waals surface area contributed by atoms with E-state index in [0.717, 1.165) is 18.2 Å². The van der Waals surface area contributed by atoms with E-state index in [1.807, 2.05) is 25.7 Å². The number of phenols is 1. The Labute approximate surface area is 275 Å². The Morgan fingerprint density at radius 3 is 2.48 bits per heavy atom. The minimum atomic E-state index is -4.60. The summed E-state index contributed by atoms with van der Waals surface area (Å²) in [4.78, 5) is 49.7. The Balaban J connectivity index is 1.32. The van der Waals surface area contributed by atoms with Crippen molar-refractivity contribution in [3.63, 3.8) is 0 Å². The van der Waals surface area contributed by atoms with Crippen molar-refractivity contribution in [2.24, 2.45) is 0 Å². The average Bonchev–Trinajstić information content (AvgIpc) is 3.71. The number of anilines is 2. The zero-order valence-corrected chi connectivity index (χ0v) is 26.8. The lowest BCUT2D eigenvalue weighted by Crippen LogP contribution is -2.50. The third kappa shape index (κ3) is 5.91. The maximum atomic E-state index is 14.0. The van der Waals surface area contributed by atoms with Crippen LogP contribution in [0.1, 0.15) is 48.4 Å². The second kappa shape index (κ2) is 12.5. The number of fused-ring (bicyclic) bond motifs is 2. The fourth-order valence-corrected chi connectivity index (χ4v) is 6.00.